The number of amides is 1. The van der Waals surface area contributed by atoms with Gasteiger partial charge in [0.1, 0.15) is 5.75 Å². The summed E-state index contributed by atoms with van der Waals surface area (Å²) < 4.78 is 6.66. The van der Waals surface area contributed by atoms with Crippen LogP contribution in [-0.2, 0) is 16.6 Å². The lowest BCUT2D eigenvalue weighted by molar-refractivity contribution is -0.118. The molecule has 2 atom stereocenters. The number of fused-ring (bicyclic) bond motifs is 3. The lowest BCUT2D eigenvalue weighted by Gasteiger charge is -2.36. The summed E-state index contributed by atoms with van der Waals surface area (Å²) in [5.41, 5.74) is 6.17. The Morgan fingerprint density at radius 2 is 1.74 bits per heavy atom. The van der Waals surface area contributed by atoms with Crippen molar-refractivity contribution in [1.82, 2.24) is 0 Å². The minimum Gasteiger partial charge on any atom is -0.496 e. The van der Waals surface area contributed by atoms with E-state index in [4.69, 9.17) is 4.74 Å². The highest BCUT2D eigenvalue weighted by molar-refractivity contribution is 9.10. The maximum atomic E-state index is 13.7. The average Bonchev–Trinajstić information content (AvgIpc) is 3.40. The molecule has 1 N–H and O–H groups in total. The largest absolute Gasteiger partial charge is 0.496 e. The van der Waals surface area contributed by atoms with Crippen molar-refractivity contribution in [1.29, 1.82) is 0 Å². The molecule has 0 spiro atoms. The Morgan fingerprint density at radius 3 is 2.56 bits per heavy atom. The van der Waals surface area contributed by atoms with Crippen LogP contribution in [-0.4, -0.2) is 13.0 Å². The third-order valence-corrected chi connectivity index (χ3v) is 8.33. The normalized spacial score (nSPS) is 20.3. The second-order valence-electron chi connectivity index (χ2n) is 9.17. The van der Waals surface area contributed by atoms with Crippen molar-refractivity contribution in [3.05, 3.63) is 111 Å². The van der Waals surface area contributed by atoms with Crippen molar-refractivity contribution in [3.63, 3.8) is 0 Å². The highest BCUT2D eigenvalue weighted by Gasteiger charge is 2.50. The summed E-state index contributed by atoms with van der Waals surface area (Å²) in [6.07, 6.45) is 5.14. The number of hydrogen-bond acceptors (Lipinski definition) is 2. The van der Waals surface area contributed by atoms with E-state index in [9.17, 15) is 4.79 Å². The molecule has 0 fully saturated rings. The minimum atomic E-state index is -0.505. The third kappa shape index (κ3) is 2.98. The summed E-state index contributed by atoms with van der Waals surface area (Å²) in [6.45, 7) is 2.09. The van der Waals surface area contributed by atoms with Crippen LogP contribution in [0.4, 0.5) is 5.69 Å². The molecule has 2 unspecified atom stereocenters. The van der Waals surface area contributed by atoms with Crippen molar-refractivity contribution in [2.45, 2.75) is 24.7 Å². The molecule has 1 amide bonds. The number of halogens is 1. The van der Waals surface area contributed by atoms with Crippen LogP contribution in [0.5, 0.6) is 5.75 Å². The Bertz CT molecular complexity index is 1510. The van der Waals surface area contributed by atoms with Crippen LogP contribution >= 0.6 is 15.9 Å². The first kappa shape index (κ1) is 21.2. The maximum absolute atomic E-state index is 13.7. The fraction of sp³-hybridized carbons (Fsp3) is 0.167. The van der Waals surface area contributed by atoms with Gasteiger partial charge in [0, 0.05) is 21.0 Å². The molecule has 1 aliphatic carbocycles. The van der Waals surface area contributed by atoms with Gasteiger partial charge in [-0.25, -0.2) is 0 Å². The van der Waals surface area contributed by atoms with Gasteiger partial charge in [-0.1, -0.05) is 82.7 Å². The van der Waals surface area contributed by atoms with Crippen LogP contribution in [0.15, 0.2) is 83.3 Å². The number of rotatable bonds is 4. The van der Waals surface area contributed by atoms with Crippen LogP contribution in [0, 0.1) is 6.92 Å². The van der Waals surface area contributed by atoms with Gasteiger partial charge in [-0.2, -0.15) is 0 Å². The van der Waals surface area contributed by atoms with Crippen molar-refractivity contribution in [2.75, 3.05) is 12.4 Å². The second-order valence-corrected chi connectivity index (χ2v) is 10.0. The van der Waals surface area contributed by atoms with Crippen molar-refractivity contribution >= 4 is 44.4 Å². The molecule has 3 nitrogen and oxygen atoms in total. The summed E-state index contributed by atoms with van der Waals surface area (Å²) in [5.74, 6) is 0.579. The Kier molecular flexibility index (Phi) is 4.89. The topological polar surface area (TPSA) is 38.3 Å². The van der Waals surface area contributed by atoms with E-state index >= 15 is 0 Å². The zero-order valence-corrected chi connectivity index (χ0v) is 20.6. The summed E-state index contributed by atoms with van der Waals surface area (Å²) in [6, 6.07) is 25.0. The molecule has 0 bridgehead atoms. The number of ether oxygens (including phenoxy) is 1. The number of carbonyl (C=O) groups excluding carboxylic acids is 1. The van der Waals surface area contributed by atoms with E-state index in [1.54, 1.807) is 7.11 Å². The number of hydrogen-bond donors (Lipinski definition) is 1. The van der Waals surface area contributed by atoms with E-state index < -0.39 is 5.41 Å². The van der Waals surface area contributed by atoms with Gasteiger partial charge in [0.25, 0.3) is 0 Å². The van der Waals surface area contributed by atoms with Crippen LogP contribution in [0.25, 0.3) is 16.8 Å². The molecular weight excluding hydrogens is 486 g/mol. The molecule has 1 aliphatic heterocycles. The number of methoxy groups -OCH3 is 1. The maximum Gasteiger partial charge on any atom is 0.233 e. The van der Waals surface area contributed by atoms with Gasteiger partial charge >= 0.3 is 0 Å². The fourth-order valence-corrected chi connectivity index (χ4v) is 6.24. The molecular formula is C30H24BrNO2. The molecule has 6 rings (SSSR count). The van der Waals surface area contributed by atoms with E-state index in [2.05, 4.69) is 88.9 Å². The summed E-state index contributed by atoms with van der Waals surface area (Å²) >= 11 is 3.70. The highest BCUT2D eigenvalue weighted by atomic mass is 79.9. The molecule has 4 aromatic rings. The Hall–Kier alpha value is -3.37. The molecule has 0 saturated heterocycles. The van der Waals surface area contributed by atoms with Crippen molar-refractivity contribution in [3.8, 4) is 5.75 Å². The van der Waals surface area contributed by atoms with Crippen LogP contribution in [0.3, 0.4) is 0 Å². The predicted molar refractivity (Wildman–Crippen MR) is 142 cm³/mol. The first-order chi connectivity index (χ1) is 16.5. The van der Waals surface area contributed by atoms with Gasteiger partial charge in [0.15, 0.2) is 0 Å². The molecule has 2 aliphatic rings. The molecule has 34 heavy (non-hydrogen) atoms. The molecule has 4 heteroatoms. The second kappa shape index (κ2) is 7.85. The van der Waals surface area contributed by atoms with E-state index in [0.717, 1.165) is 37.8 Å². The molecule has 4 aromatic carbocycles. The summed E-state index contributed by atoms with van der Waals surface area (Å²) in [4.78, 5) is 13.7. The molecule has 0 saturated carbocycles. The van der Waals surface area contributed by atoms with E-state index in [0.29, 0.717) is 6.42 Å². The van der Waals surface area contributed by atoms with Crippen LogP contribution in [0.2, 0.25) is 0 Å². The average molecular weight is 510 g/mol. The quantitative estimate of drug-likeness (QED) is 0.316. The summed E-state index contributed by atoms with van der Waals surface area (Å²) in [5, 5.41) is 5.42. The molecule has 168 valence electrons. The Labute approximate surface area is 207 Å². The zero-order valence-electron chi connectivity index (χ0n) is 19.1. The first-order valence-electron chi connectivity index (χ1n) is 11.5. The number of carbonyl (C=O) groups is 1. The number of anilines is 1. The standard InChI is InChI=1S/C30H24BrNO2/c1-18-24(31)12-13-25-27(18)28(29(33)32-25)30(16-15-19-7-3-6-10-23(19)30)17-20-11-14-26(34-2)22-9-5-4-8-21(20)22/h3-16,28H,17H2,1-2H3,(H,32,33). The monoisotopic (exact) mass is 509 g/mol. The summed E-state index contributed by atoms with van der Waals surface area (Å²) in [7, 11) is 1.71. The number of allylic oxidation sites excluding steroid dienone is 1. The van der Waals surface area contributed by atoms with Gasteiger partial charge in [-0.15, -0.1) is 0 Å². The zero-order chi connectivity index (χ0) is 23.4. The van der Waals surface area contributed by atoms with Crippen LogP contribution in [0.1, 0.15) is 33.7 Å². The predicted octanol–water partition coefficient (Wildman–Crippen LogP) is 7.16. The number of benzene rings is 4. The SMILES string of the molecule is COc1ccc(CC2(C3C(=O)Nc4ccc(Br)c(C)c43)C=Cc3ccccc32)c2ccccc12. The van der Waals surface area contributed by atoms with Gasteiger partial charge < -0.3 is 10.1 Å². The van der Waals surface area contributed by atoms with Gasteiger partial charge in [-0.05, 0) is 64.7 Å². The van der Waals surface area contributed by atoms with Crippen molar-refractivity contribution < 1.29 is 9.53 Å². The Balaban J connectivity index is 1.61. The minimum absolute atomic E-state index is 0.0513. The van der Waals surface area contributed by atoms with E-state index in [1.807, 2.05) is 24.3 Å². The van der Waals surface area contributed by atoms with E-state index in [1.165, 1.54) is 16.7 Å². The smallest absolute Gasteiger partial charge is 0.233 e. The fourth-order valence-electron chi connectivity index (χ4n) is 5.89. The molecule has 0 aromatic heterocycles. The van der Waals surface area contributed by atoms with Crippen molar-refractivity contribution in [2.24, 2.45) is 0 Å². The Morgan fingerprint density at radius 1 is 0.971 bits per heavy atom. The number of nitrogens with one attached hydrogen (secondary N) is 1. The van der Waals surface area contributed by atoms with Crippen LogP contribution < -0.4 is 10.1 Å². The molecule has 0 radical (unpaired) electrons. The lowest BCUT2D eigenvalue weighted by Crippen LogP contribution is -2.37. The third-order valence-electron chi connectivity index (χ3n) is 7.47. The molecule has 1 heterocycles. The van der Waals surface area contributed by atoms with E-state index in [-0.39, 0.29) is 11.8 Å². The van der Waals surface area contributed by atoms with Gasteiger partial charge in [0.05, 0.1) is 13.0 Å². The lowest BCUT2D eigenvalue weighted by atomic mass is 9.65. The van der Waals surface area contributed by atoms with Gasteiger partial charge in [-0.3, -0.25) is 4.79 Å². The van der Waals surface area contributed by atoms with Gasteiger partial charge in [0.2, 0.25) is 5.91 Å². The highest BCUT2D eigenvalue weighted by Crippen LogP contribution is 2.54. The first-order valence-corrected chi connectivity index (χ1v) is 12.3.